The molecule has 6 heteroatoms. The van der Waals surface area contributed by atoms with Gasteiger partial charge in [0.05, 0.1) is 25.4 Å². The first kappa shape index (κ1) is 78.1. The van der Waals surface area contributed by atoms with E-state index < -0.39 is 12.1 Å². The molecule has 80 heavy (non-hydrogen) atoms. The first-order valence-electron chi connectivity index (χ1n) is 36.3. The summed E-state index contributed by atoms with van der Waals surface area (Å²) in [6.45, 7) is 4.90. The molecule has 0 radical (unpaired) electrons. The first-order valence-corrected chi connectivity index (χ1v) is 36.3. The largest absolute Gasteiger partial charge is 0.466 e. The number of nitrogens with one attached hydrogen (secondary N) is 1. The fourth-order valence-electron chi connectivity index (χ4n) is 11.4. The van der Waals surface area contributed by atoms with Crippen LogP contribution in [0, 0.1) is 0 Å². The number of aliphatic hydroxyl groups is 2. The van der Waals surface area contributed by atoms with Crippen LogP contribution in [-0.4, -0.2) is 47.4 Å². The van der Waals surface area contributed by atoms with Crippen molar-refractivity contribution in [2.24, 2.45) is 0 Å². The molecule has 0 saturated carbocycles. The Labute approximate surface area is 500 Å². The van der Waals surface area contributed by atoms with Crippen LogP contribution < -0.4 is 5.32 Å². The van der Waals surface area contributed by atoms with E-state index in [-0.39, 0.29) is 18.5 Å². The van der Waals surface area contributed by atoms with Gasteiger partial charge in [0, 0.05) is 12.8 Å². The Morgan fingerprint density at radius 2 is 0.625 bits per heavy atom. The molecule has 0 aliphatic carbocycles. The maximum atomic E-state index is 12.5. The zero-order chi connectivity index (χ0) is 57.8. The molecule has 2 unspecified atom stereocenters. The van der Waals surface area contributed by atoms with Gasteiger partial charge in [-0.3, -0.25) is 9.59 Å². The SMILES string of the molecule is CCCCCC/C=C\C/C=C\CCCCCCCC(=O)OCCCCCCCCCCCCCCCCCCCCCCCCCCCCCCCCCCCCCC(=O)NC(CO)C(O)/C=C/CCCCCCCCCCCC. The number of rotatable bonds is 68. The number of ether oxygens (including phenoxy) is 1. The standard InChI is InChI=1S/C74H141NO5/c1-3-5-7-9-11-13-15-17-18-41-44-48-52-56-60-64-68-74(79)80-69-65-61-57-53-49-45-42-39-37-35-33-31-29-27-25-23-21-19-20-22-24-26-28-30-32-34-36-38-40-43-47-51-55-59-63-67-73(78)75-71(70-76)72(77)66-62-58-54-50-46-16-14-12-10-8-6-4-2/h13,15,18,41,62,66,71-72,76-77H,3-12,14,16-17,19-40,42-61,63-65,67-70H2,1-2H3,(H,75,78)/b15-13-,41-18-,66-62+. The van der Waals surface area contributed by atoms with Gasteiger partial charge in [0.2, 0.25) is 5.91 Å². The Morgan fingerprint density at radius 1 is 0.350 bits per heavy atom. The molecule has 0 spiro atoms. The quantitative estimate of drug-likeness (QED) is 0.0320. The van der Waals surface area contributed by atoms with E-state index >= 15 is 0 Å². The summed E-state index contributed by atoms with van der Waals surface area (Å²) in [5.41, 5.74) is 0. The first-order chi connectivity index (χ1) is 39.5. The predicted molar refractivity (Wildman–Crippen MR) is 352 cm³/mol. The lowest BCUT2D eigenvalue weighted by Crippen LogP contribution is -2.45. The number of amides is 1. The predicted octanol–water partition coefficient (Wildman–Crippen LogP) is 23.5. The van der Waals surface area contributed by atoms with E-state index in [1.807, 2.05) is 6.08 Å². The molecular formula is C74H141NO5. The van der Waals surface area contributed by atoms with E-state index in [0.717, 1.165) is 51.4 Å². The van der Waals surface area contributed by atoms with Crippen molar-refractivity contribution in [2.75, 3.05) is 13.2 Å². The molecule has 2 atom stereocenters. The molecule has 0 aromatic carbocycles. The number of unbranched alkanes of at least 4 members (excludes halogenated alkanes) is 53. The highest BCUT2D eigenvalue weighted by molar-refractivity contribution is 5.76. The van der Waals surface area contributed by atoms with Crippen molar-refractivity contribution in [3.05, 3.63) is 36.5 Å². The van der Waals surface area contributed by atoms with Gasteiger partial charge in [-0.15, -0.1) is 0 Å². The Balaban J connectivity index is 3.30. The van der Waals surface area contributed by atoms with E-state index in [1.165, 1.54) is 321 Å². The second-order valence-corrected chi connectivity index (χ2v) is 24.9. The van der Waals surface area contributed by atoms with Gasteiger partial charge in [-0.2, -0.15) is 0 Å². The molecule has 472 valence electrons. The summed E-state index contributed by atoms with van der Waals surface area (Å²) in [6, 6.07) is -0.623. The average Bonchev–Trinajstić information content (AvgIpc) is 3.46. The number of esters is 1. The highest BCUT2D eigenvalue weighted by Crippen LogP contribution is 2.19. The summed E-state index contributed by atoms with van der Waals surface area (Å²) in [7, 11) is 0. The molecule has 0 bridgehead atoms. The van der Waals surface area contributed by atoms with Gasteiger partial charge in [-0.25, -0.2) is 0 Å². The fourth-order valence-corrected chi connectivity index (χ4v) is 11.4. The van der Waals surface area contributed by atoms with Crippen molar-refractivity contribution in [3.8, 4) is 0 Å². The Bertz CT molecular complexity index is 1300. The Hall–Kier alpha value is -1.92. The third-order valence-corrected chi connectivity index (χ3v) is 16.9. The summed E-state index contributed by atoms with van der Waals surface area (Å²) in [5.74, 6) is -0.0527. The van der Waals surface area contributed by atoms with Gasteiger partial charge < -0.3 is 20.3 Å². The van der Waals surface area contributed by atoms with Crippen molar-refractivity contribution >= 4 is 11.9 Å². The van der Waals surface area contributed by atoms with Crippen LogP contribution in [0.2, 0.25) is 0 Å². The van der Waals surface area contributed by atoms with E-state index in [1.54, 1.807) is 6.08 Å². The zero-order valence-corrected chi connectivity index (χ0v) is 54.1. The monoisotopic (exact) mass is 1120 g/mol. The molecule has 0 saturated heterocycles. The molecule has 0 fully saturated rings. The highest BCUT2D eigenvalue weighted by Gasteiger charge is 2.18. The van der Waals surface area contributed by atoms with Gasteiger partial charge in [-0.05, 0) is 64.2 Å². The van der Waals surface area contributed by atoms with Crippen LogP contribution in [0.3, 0.4) is 0 Å². The molecule has 0 heterocycles. The maximum absolute atomic E-state index is 12.5. The van der Waals surface area contributed by atoms with Gasteiger partial charge in [0.15, 0.2) is 0 Å². The summed E-state index contributed by atoms with van der Waals surface area (Å²) < 4.78 is 5.50. The number of carbonyl (C=O) groups excluding carboxylic acids is 2. The number of allylic oxidation sites excluding steroid dienone is 5. The fraction of sp³-hybridized carbons (Fsp3) is 0.892. The van der Waals surface area contributed by atoms with Gasteiger partial charge >= 0.3 is 5.97 Å². The van der Waals surface area contributed by atoms with Crippen molar-refractivity contribution in [3.63, 3.8) is 0 Å². The molecule has 0 aliphatic rings. The van der Waals surface area contributed by atoms with Crippen LogP contribution in [0.25, 0.3) is 0 Å². The molecule has 0 aromatic heterocycles. The van der Waals surface area contributed by atoms with E-state index in [4.69, 9.17) is 4.74 Å². The summed E-state index contributed by atoms with van der Waals surface area (Å²) in [4.78, 5) is 24.5. The molecule has 0 rings (SSSR count). The topological polar surface area (TPSA) is 95.9 Å². The number of hydrogen-bond donors (Lipinski definition) is 3. The Kier molecular flexibility index (Phi) is 67.9. The van der Waals surface area contributed by atoms with Gasteiger partial charge in [0.25, 0.3) is 0 Å². The van der Waals surface area contributed by atoms with Gasteiger partial charge in [-0.1, -0.05) is 359 Å². The Morgan fingerprint density at radius 3 is 0.963 bits per heavy atom. The lowest BCUT2D eigenvalue weighted by Gasteiger charge is -2.20. The number of carbonyl (C=O) groups is 2. The lowest BCUT2D eigenvalue weighted by molar-refractivity contribution is -0.143. The summed E-state index contributed by atoms with van der Waals surface area (Å²) >= 11 is 0. The van der Waals surface area contributed by atoms with Crippen LogP contribution in [0.4, 0.5) is 0 Å². The lowest BCUT2D eigenvalue weighted by atomic mass is 10.0. The van der Waals surface area contributed by atoms with E-state index in [9.17, 15) is 19.8 Å². The minimum absolute atomic E-state index is 0.00915. The van der Waals surface area contributed by atoms with Crippen molar-refractivity contribution in [1.29, 1.82) is 0 Å². The molecule has 6 nitrogen and oxygen atoms in total. The maximum Gasteiger partial charge on any atom is 0.305 e. The number of aliphatic hydroxyl groups excluding tert-OH is 2. The third kappa shape index (κ3) is 65.2. The smallest absolute Gasteiger partial charge is 0.305 e. The van der Waals surface area contributed by atoms with Crippen LogP contribution in [0.1, 0.15) is 399 Å². The normalized spacial score (nSPS) is 12.7. The molecule has 0 aromatic rings. The van der Waals surface area contributed by atoms with Crippen LogP contribution >= 0.6 is 0 Å². The second kappa shape index (κ2) is 69.6. The summed E-state index contributed by atoms with van der Waals surface area (Å²) in [5, 5.41) is 23.1. The van der Waals surface area contributed by atoms with E-state index in [0.29, 0.717) is 19.4 Å². The van der Waals surface area contributed by atoms with Gasteiger partial charge in [0.1, 0.15) is 0 Å². The van der Waals surface area contributed by atoms with Crippen LogP contribution in [0.15, 0.2) is 36.5 Å². The summed E-state index contributed by atoms with van der Waals surface area (Å²) in [6.07, 6.45) is 89.6. The van der Waals surface area contributed by atoms with Crippen LogP contribution in [0.5, 0.6) is 0 Å². The average molecular weight is 1120 g/mol. The zero-order valence-electron chi connectivity index (χ0n) is 54.1. The second-order valence-electron chi connectivity index (χ2n) is 24.9. The van der Waals surface area contributed by atoms with E-state index in [2.05, 4.69) is 43.5 Å². The third-order valence-electron chi connectivity index (χ3n) is 16.9. The minimum Gasteiger partial charge on any atom is -0.466 e. The van der Waals surface area contributed by atoms with Crippen molar-refractivity contribution in [1.82, 2.24) is 5.32 Å². The molecule has 3 N–H and O–H groups in total. The molecule has 1 amide bonds. The minimum atomic E-state index is -0.839. The van der Waals surface area contributed by atoms with Crippen molar-refractivity contribution in [2.45, 2.75) is 411 Å². The highest BCUT2D eigenvalue weighted by atomic mass is 16.5. The molecular weight excluding hydrogens is 983 g/mol. The molecule has 0 aliphatic heterocycles. The van der Waals surface area contributed by atoms with Crippen molar-refractivity contribution < 1.29 is 24.5 Å². The number of hydrogen-bond acceptors (Lipinski definition) is 5. The van der Waals surface area contributed by atoms with Crippen LogP contribution in [-0.2, 0) is 14.3 Å².